The molecule has 0 saturated heterocycles. The molecule has 0 spiro atoms. The lowest BCUT2D eigenvalue weighted by Gasteiger charge is -2.27. The third-order valence-electron chi connectivity index (χ3n) is 4.09. The third-order valence-corrected chi connectivity index (χ3v) is 4.42. The molecule has 0 aliphatic rings. The fourth-order valence-electron chi connectivity index (χ4n) is 2.74. The number of halogens is 2. The first-order chi connectivity index (χ1) is 13.5. The second-order valence-corrected chi connectivity index (χ2v) is 6.24. The number of imidazole rings is 1. The molecule has 1 aromatic heterocycles. The number of carbonyl (C=O) groups is 2. The van der Waals surface area contributed by atoms with Gasteiger partial charge in [0.2, 0.25) is 0 Å². The van der Waals surface area contributed by atoms with Gasteiger partial charge in [-0.3, -0.25) is 0 Å². The average Bonchev–Trinajstić information content (AvgIpc) is 3.22. The molecule has 1 heterocycles. The van der Waals surface area contributed by atoms with Crippen molar-refractivity contribution in [2.75, 3.05) is 7.11 Å². The van der Waals surface area contributed by atoms with Crippen molar-refractivity contribution in [2.24, 2.45) is 0 Å². The maximum Gasteiger partial charge on any atom is 0.338 e. The van der Waals surface area contributed by atoms with Crippen LogP contribution in [-0.2, 0) is 14.3 Å². The van der Waals surface area contributed by atoms with Gasteiger partial charge in [0.25, 0.3) is 0 Å². The predicted octanol–water partition coefficient (Wildman–Crippen LogP) is 3.99. The van der Waals surface area contributed by atoms with Crippen LogP contribution in [-0.4, -0.2) is 28.6 Å². The lowest BCUT2D eigenvalue weighted by molar-refractivity contribution is -0.148. The SMILES string of the molecule is COC(=O)C(C(OC(=O)c1ccccc1)c1ccc(F)cc1Cl)n1ccnc1. The number of hydrogen-bond donors (Lipinski definition) is 0. The first-order valence-electron chi connectivity index (χ1n) is 8.27. The Morgan fingerprint density at radius 3 is 2.54 bits per heavy atom. The van der Waals surface area contributed by atoms with Gasteiger partial charge in [0.05, 0.1) is 24.0 Å². The summed E-state index contributed by atoms with van der Waals surface area (Å²) in [4.78, 5) is 29.1. The van der Waals surface area contributed by atoms with Crippen LogP contribution in [0.15, 0.2) is 67.3 Å². The summed E-state index contributed by atoms with van der Waals surface area (Å²) >= 11 is 6.20. The number of methoxy groups -OCH3 is 1. The molecule has 8 heteroatoms. The number of aromatic nitrogens is 2. The standard InChI is InChI=1S/C20H16ClFN2O4/c1-27-20(26)17(24-10-9-23-12-24)18(15-8-7-14(22)11-16(15)21)28-19(25)13-5-3-2-4-6-13/h2-12,17-18H,1H3. The van der Waals surface area contributed by atoms with Crippen molar-refractivity contribution in [1.82, 2.24) is 9.55 Å². The molecular formula is C20H16ClFN2O4. The summed E-state index contributed by atoms with van der Waals surface area (Å²) in [5.41, 5.74) is 0.552. The second kappa shape index (κ2) is 8.67. The van der Waals surface area contributed by atoms with Gasteiger partial charge in [-0.1, -0.05) is 35.9 Å². The summed E-state index contributed by atoms with van der Waals surface area (Å²) in [6.45, 7) is 0. The molecule has 2 atom stereocenters. The number of hydrogen-bond acceptors (Lipinski definition) is 5. The van der Waals surface area contributed by atoms with Crippen LogP contribution in [0.25, 0.3) is 0 Å². The Balaban J connectivity index is 2.07. The zero-order chi connectivity index (χ0) is 20.1. The monoisotopic (exact) mass is 402 g/mol. The number of nitrogens with zero attached hydrogens (tertiary/aromatic N) is 2. The van der Waals surface area contributed by atoms with E-state index in [1.54, 1.807) is 30.3 Å². The molecule has 0 radical (unpaired) electrons. The van der Waals surface area contributed by atoms with Gasteiger partial charge in [-0.05, 0) is 24.3 Å². The summed E-state index contributed by atoms with van der Waals surface area (Å²) in [6.07, 6.45) is 3.21. The van der Waals surface area contributed by atoms with E-state index >= 15 is 0 Å². The van der Waals surface area contributed by atoms with E-state index in [1.807, 2.05) is 0 Å². The maximum atomic E-state index is 13.5. The molecule has 2 unspecified atom stereocenters. The van der Waals surface area contributed by atoms with Crippen LogP contribution in [0, 0.1) is 5.82 Å². The Hall–Kier alpha value is -3.19. The molecule has 0 N–H and O–H groups in total. The van der Waals surface area contributed by atoms with Crippen molar-refractivity contribution in [3.8, 4) is 0 Å². The van der Waals surface area contributed by atoms with Gasteiger partial charge in [-0.2, -0.15) is 0 Å². The van der Waals surface area contributed by atoms with E-state index in [-0.39, 0.29) is 10.6 Å². The van der Waals surface area contributed by atoms with E-state index in [9.17, 15) is 14.0 Å². The fraction of sp³-hybridized carbons (Fsp3) is 0.150. The minimum Gasteiger partial charge on any atom is -0.467 e. The first-order valence-corrected chi connectivity index (χ1v) is 8.65. The Morgan fingerprint density at radius 2 is 1.93 bits per heavy atom. The lowest BCUT2D eigenvalue weighted by atomic mass is 10.0. The van der Waals surface area contributed by atoms with Gasteiger partial charge in [0, 0.05) is 18.0 Å². The Kier molecular flexibility index (Phi) is 6.06. The van der Waals surface area contributed by atoms with Gasteiger partial charge in [0.15, 0.2) is 12.1 Å². The molecule has 3 aromatic rings. The highest BCUT2D eigenvalue weighted by molar-refractivity contribution is 6.31. The molecule has 0 aliphatic heterocycles. The second-order valence-electron chi connectivity index (χ2n) is 5.84. The summed E-state index contributed by atoms with van der Waals surface area (Å²) in [6, 6.07) is 10.8. The zero-order valence-electron chi connectivity index (χ0n) is 14.8. The number of rotatable bonds is 6. The molecule has 28 heavy (non-hydrogen) atoms. The van der Waals surface area contributed by atoms with Crippen molar-refractivity contribution in [3.05, 3.63) is 89.2 Å². The molecule has 0 bridgehead atoms. The molecule has 144 valence electrons. The smallest absolute Gasteiger partial charge is 0.338 e. The van der Waals surface area contributed by atoms with Crippen molar-refractivity contribution >= 4 is 23.5 Å². The summed E-state index contributed by atoms with van der Waals surface area (Å²) in [5.74, 6) is -1.90. The number of carbonyl (C=O) groups excluding carboxylic acids is 2. The predicted molar refractivity (Wildman–Crippen MR) is 99.3 cm³/mol. The van der Waals surface area contributed by atoms with E-state index in [2.05, 4.69) is 4.98 Å². The van der Waals surface area contributed by atoms with Gasteiger partial charge >= 0.3 is 11.9 Å². The summed E-state index contributed by atoms with van der Waals surface area (Å²) in [7, 11) is 1.22. The topological polar surface area (TPSA) is 70.4 Å². The maximum absolute atomic E-state index is 13.5. The van der Waals surface area contributed by atoms with Crippen LogP contribution in [0.3, 0.4) is 0 Å². The lowest BCUT2D eigenvalue weighted by Crippen LogP contribution is -2.30. The largest absolute Gasteiger partial charge is 0.467 e. The van der Waals surface area contributed by atoms with Crippen molar-refractivity contribution in [1.29, 1.82) is 0 Å². The van der Waals surface area contributed by atoms with Gasteiger partial charge in [-0.15, -0.1) is 0 Å². The molecule has 0 aliphatic carbocycles. The molecule has 0 amide bonds. The van der Waals surface area contributed by atoms with Crippen LogP contribution >= 0.6 is 11.6 Å². The minimum absolute atomic E-state index is 0.0138. The molecule has 6 nitrogen and oxygen atoms in total. The van der Waals surface area contributed by atoms with Crippen LogP contribution in [0.2, 0.25) is 5.02 Å². The third kappa shape index (κ3) is 4.20. The van der Waals surface area contributed by atoms with E-state index in [0.717, 1.165) is 6.07 Å². The Morgan fingerprint density at radius 1 is 1.18 bits per heavy atom. The van der Waals surface area contributed by atoms with Gasteiger partial charge < -0.3 is 14.0 Å². The summed E-state index contributed by atoms with van der Waals surface area (Å²) < 4.78 is 25.5. The minimum atomic E-state index is -1.18. The van der Waals surface area contributed by atoms with E-state index in [1.165, 1.54) is 42.5 Å². The van der Waals surface area contributed by atoms with E-state index in [4.69, 9.17) is 21.1 Å². The van der Waals surface area contributed by atoms with Crippen LogP contribution in [0.1, 0.15) is 28.1 Å². The van der Waals surface area contributed by atoms with Crippen LogP contribution in [0.5, 0.6) is 0 Å². The molecule has 2 aromatic carbocycles. The number of ether oxygens (including phenoxy) is 2. The first kappa shape index (κ1) is 19.6. The summed E-state index contributed by atoms with van der Waals surface area (Å²) in [5, 5.41) is 0.0138. The highest BCUT2D eigenvalue weighted by Gasteiger charge is 2.36. The Bertz CT molecular complexity index is 964. The van der Waals surface area contributed by atoms with Crippen molar-refractivity contribution in [2.45, 2.75) is 12.1 Å². The number of esters is 2. The van der Waals surface area contributed by atoms with Gasteiger partial charge in [0.1, 0.15) is 5.82 Å². The fourth-order valence-corrected chi connectivity index (χ4v) is 3.02. The highest BCUT2D eigenvalue weighted by atomic mass is 35.5. The average molecular weight is 403 g/mol. The molecule has 0 fully saturated rings. The molecular weight excluding hydrogens is 387 g/mol. The Labute approximate surface area is 165 Å². The van der Waals surface area contributed by atoms with Crippen molar-refractivity contribution in [3.63, 3.8) is 0 Å². The number of benzene rings is 2. The van der Waals surface area contributed by atoms with Crippen molar-refractivity contribution < 1.29 is 23.5 Å². The molecule has 0 saturated carbocycles. The van der Waals surface area contributed by atoms with Gasteiger partial charge in [-0.25, -0.2) is 19.0 Å². The normalized spacial score (nSPS) is 12.8. The van der Waals surface area contributed by atoms with E-state index < -0.39 is 29.9 Å². The zero-order valence-corrected chi connectivity index (χ0v) is 15.5. The van der Waals surface area contributed by atoms with Crippen LogP contribution < -0.4 is 0 Å². The quantitative estimate of drug-likeness (QED) is 0.583. The highest BCUT2D eigenvalue weighted by Crippen LogP contribution is 2.36. The van der Waals surface area contributed by atoms with E-state index in [0.29, 0.717) is 5.56 Å². The van der Waals surface area contributed by atoms with Crippen LogP contribution in [0.4, 0.5) is 4.39 Å². The molecule has 3 rings (SSSR count).